The standard InChI is InChI=1S/C17H23N3O4S/c1-12-17(11-20(18-12)14-6-4-5-7-14)25(21,22)19-13-8-9-15(23-2)16(10-13)24-3/h8-11,14,19H,4-7H2,1-3H3. The molecule has 1 fully saturated rings. The molecule has 2 aromatic rings. The van der Waals surface area contributed by atoms with Gasteiger partial charge in [0.05, 0.1) is 31.6 Å². The van der Waals surface area contributed by atoms with Gasteiger partial charge in [0.15, 0.2) is 11.5 Å². The smallest absolute Gasteiger partial charge is 0.265 e. The molecule has 0 spiro atoms. The van der Waals surface area contributed by atoms with E-state index in [1.807, 2.05) is 0 Å². The number of nitrogens with one attached hydrogen (secondary N) is 1. The fourth-order valence-corrected chi connectivity index (χ4v) is 4.42. The van der Waals surface area contributed by atoms with Crippen molar-refractivity contribution in [3.8, 4) is 11.5 Å². The van der Waals surface area contributed by atoms with Crippen molar-refractivity contribution in [2.45, 2.75) is 43.5 Å². The van der Waals surface area contributed by atoms with Crippen molar-refractivity contribution < 1.29 is 17.9 Å². The van der Waals surface area contributed by atoms with E-state index in [4.69, 9.17) is 9.47 Å². The van der Waals surface area contributed by atoms with E-state index in [0.29, 0.717) is 28.9 Å². The highest BCUT2D eigenvalue weighted by Gasteiger charge is 2.25. The molecule has 25 heavy (non-hydrogen) atoms. The summed E-state index contributed by atoms with van der Waals surface area (Å²) in [5, 5.41) is 4.41. The van der Waals surface area contributed by atoms with Crippen LogP contribution in [0.1, 0.15) is 37.4 Å². The summed E-state index contributed by atoms with van der Waals surface area (Å²) in [6, 6.07) is 5.18. The highest BCUT2D eigenvalue weighted by atomic mass is 32.2. The first-order valence-electron chi connectivity index (χ1n) is 8.25. The maximum absolute atomic E-state index is 12.8. The maximum Gasteiger partial charge on any atom is 0.265 e. The summed E-state index contributed by atoms with van der Waals surface area (Å²) in [4.78, 5) is 0.203. The van der Waals surface area contributed by atoms with Crippen LogP contribution < -0.4 is 14.2 Å². The lowest BCUT2D eigenvalue weighted by Gasteiger charge is -2.11. The average Bonchev–Trinajstić information content (AvgIpc) is 3.23. The Balaban J connectivity index is 1.87. The minimum atomic E-state index is -3.73. The molecule has 8 heteroatoms. The van der Waals surface area contributed by atoms with Crippen LogP contribution in [-0.4, -0.2) is 32.4 Å². The molecule has 0 radical (unpaired) electrons. The Morgan fingerprint density at radius 1 is 1.16 bits per heavy atom. The van der Waals surface area contributed by atoms with Gasteiger partial charge in [0, 0.05) is 12.3 Å². The molecule has 0 aliphatic heterocycles. The quantitative estimate of drug-likeness (QED) is 0.850. The van der Waals surface area contributed by atoms with Gasteiger partial charge in [0.2, 0.25) is 0 Å². The van der Waals surface area contributed by atoms with Crippen molar-refractivity contribution in [2.75, 3.05) is 18.9 Å². The number of benzene rings is 1. The number of sulfonamides is 1. The van der Waals surface area contributed by atoms with Gasteiger partial charge in [-0.2, -0.15) is 5.10 Å². The van der Waals surface area contributed by atoms with Crippen LogP contribution in [0.5, 0.6) is 11.5 Å². The predicted octanol–water partition coefficient (Wildman–Crippen LogP) is 3.12. The van der Waals surface area contributed by atoms with Crippen LogP contribution in [-0.2, 0) is 10.0 Å². The summed E-state index contributed by atoms with van der Waals surface area (Å²) in [5.74, 6) is 0.997. The number of rotatable bonds is 6. The lowest BCUT2D eigenvalue weighted by Crippen LogP contribution is -2.13. The maximum atomic E-state index is 12.8. The molecule has 1 N–H and O–H groups in total. The van der Waals surface area contributed by atoms with Crippen molar-refractivity contribution in [3.63, 3.8) is 0 Å². The zero-order valence-corrected chi connectivity index (χ0v) is 15.5. The molecule has 0 atom stereocenters. The van der Waals surface area contributed by atoms with E-state index in [9.17, 15) is 8.42 Å². The molecular formula is C17H23N3O4S. The van der Waals surface area contributed by atoms with Gasteiger partial charge in [-0.25, -0.2) is 8.42 Å². The molecule has 1 aliphatic rings. The van der Waals surface area contributed by atoms with Crippen LogP contribution in [0.4, 0.5) is 5.69 Å². The molecule has 0 amide bonds. The molecule has 1 heterocycles. The Morgan fingerprint density at radius 2 is 1.84 bits per heavy atom. The second kappa shape index (κ2) is 6.95. The second-order valence-corrected chi connectivity index (χ2v) is 7.82. The third-order valence-electron chi connectivity index (χ3n) is 4.50. The van der Waals surface area contributed by atoms with E-state index in [0.717, 1.165) is 25.7 Å². The zero-order valence-electron chi connectivity index (χ0n) is 14.7. The monoisotopic (exact) mass is 365 g/mol. The van der Waals surface area contributed by atoms with E-state index in [-0.39, 0.29) is 4.90 Å². The number of nitrogens with zero attached hydrogens (tertiary/aromatic N) is 2. The zero-order chi connectivity index (χ0) is 18.0. The SMILES string of the molecule is COc1ccc(NS(=O)(=O)c2cn(C3CCCC3)nc2C)cc1OC. The lowest BCUT2D eigenvalue weighted by atomic mass is 10.3. The van der Waals surface area contributed by atoms with Crippen LogP contribution in [0.3, 0.4) is 0 Å². The molecule has 0 bridgehead atoms. The number of hydrogen-bond donors (Lipinski definition) is 1. The predicted molar refractivity (Wildman–Crippen MR) is 94.8 cm³/mol. The number of hydrogen-bond acceptors (Lipinski definition) is 5. The average molecular weight is 365 g/mol. The topological polar surface area (TPSA) is 82.5 Å². The molecule has 1 aromatic carbocycles. The molecule has 136 valence electrons. The Hall–Kier alpha value is -2.22. The van der Waals surface area contributed by atoms with Crippen LogP contribution in [0.15, 0.2) is 29.3 Å². The minimum absolute atomic E-state index is 0.203. The molecule has 3 rings (SSSR count). The van der Waals surface area contributed by atoms with Crippen molar-refractivity contribution in [2.24, 2.45) is 0 Å². The van der Waals surface area contributed by atoms with E-state index < -0.39 is 10.0 Å². The Labute approximate surface area is 148 Å². The van der Waals surface area contributed by atoms with Crippen molar-refractivity contribution in [1.29, 1.82) is 0 Å². The Kier molecular flexibility index (Phi) is 4.89. The van der Waals surface area contributed by atoms with Gasteiger partial charge >= 0.3 is 0 Å². The number of aromatic nitrogens is 2. The third kappa shape index (κ3) is 3.58. The largest absolute Gasteiger partial charge is 0.493 e. The lowest BCUT2D eigenvalue weighted by molar-refractivity contribution is 0.355. The normalized spacial score (nSPS) is 15.3. The van der Waals surface area contributed by atoms with Gasteiger partial charge in [-0.1, -0.05) is 12.8 Å². The number of anilines is 1. The summed E-state index contributed by atoms with van der Waals surface area (Å²) >= 11 is 0. The van der Waals surface area contributed by atoms with Crippen molar-refractivity contribution in [3.05, 3.63) is 30.1 Å². The molecule has 1 aliphatic carbocycles. The summed E-state index contributed by atoms with van der Waals surface area (Å²) in [6.07, 6.45) is 6.05. The van der Waals surface area contributed by atoms with E-state index >= 15 is 0 Å². The van der Waals surface area contributed by atoms with Gasteiger partial charge in [0.25, 0.3) is 10.0 Å². The van der Waals surface area contributed by atoms with Crippen molar-refractivity contribution in [1.82, 2.24) is 9.78 Å². The molecule has 0 saturated heterocycles. The summed E-state index contributed by atoms with van der Waals surface area (Å²) in [6.45, 7) is 1.72. The first kappa shape index (κ1) is 17.6. The highest BCUT2D eigenvalue weighted by Crippen LogP contribution is 2.32. The fraction of sp³-hybridized carbons (Fsp3) is 0.471. The number of aryl methyl sites for hydroxylation is 1. The van der Waals surface area contributed by atoms with E-state index in [2.05, 4.69) is 9.82 Å². The number of methoxy groups -OCH3 is 2. The first-order valence-corrected chi connectivity index (χ1v) is 9.73. The minimum Gasteiger partial charge on any atom is -0.493 e. The van der Waals surface area contributed by atoms with Crippen LogP contribution in [0.25, 0.3) is 0 Å². The van der Waals surface area contributed by atoms with Gasteiger partial charge in [-0.05, 0) is 31.9 Å². The summed E-state index contributed by atoms with van der Waals surface area (Å²) < 4.78 is 40.3. The van der Waals surface area contributed by atoms with Crippen LogP contribution >= 0.6 is 0 Å². The Bertz CT molecular complexity index is 855. The fourth-order valence-electron chi connectivity index (χ4n) is 3.19. The van der Waals surface area contributed by atoms with Crippen LogP contribution in [0, 0.1) is 6.92 Å². The van der Waals surface area contributed by atoms with E-state index in [1.54, 1.807) is 36.0 Å². The van der Waals surface area contributed by atoms with Gasteiger partial charge in [-0.15, -0.1) is 0 Å². The van der Waals surface area contributed by atoms with Crippen LogP contribution in [0.2, 0.25) is 0 Å². The number of ether oxygens (including phenoxy) is 2. The molecule has 7 nitrogen and oxygen atoms in total. The van der Waals surface area contributed by atoms with Gasteiger partial charge in [-0.3, -0.25) is 9.40 Å². The van der Waals surface area contributed by atoms with E-state index in [1.165, 1.54) is 14.2 Å². The van der Waals surface area contributed by atoms with Gasteiger partial charge in [0.1, 0.15) is 4.90 Å². The molecule has 0 unspecified atom stereocenters. The summed E-state index contributed by atoms with van der Waals surface area (Å²) in [7, 11) is -0.691. The highest BCUT2D eigenvalue weighted by molar-refractivity contribution is 7.92. The first-order chi connectivity index (χ1) is 11.9. The molecule has 1 saturated carbocycles. The third-order valence-corrected chi connectivity index (χ3v) is 5.98. The summed E-state index contributed by atoms with van der Waals surface area (Å²) in [5.41, 5.74) is 0.908. The van der Waals surface area contributed by atoms with Crippen molar-refractivity contribution >= 4 is 15.7 Å². The van der Waals surface area contributed by atoms with Gasteiger partial charge < -0.3 is 9.47 Å². The Morgan fingerprint density at radius 3 is 2.48 bits per heavy atom. The second-order valence-electron chi connectivity index (χ2n) is 6.17. The molecular weight excluding hydrogens is 342 g/mol. The molecule has 1 aromatic heterocycles.